The molecular formula is C29H36N2O6. The van der Waals surface area contributed by atoms with Crippen molar-refractivity contribution in [1.29, 1.82) is 0 Å². The minimum Gasteiger partial charge on any atom is -0.481 e. The molecule has 198 valence electrons. The minimum absolute atomic E-state index is 0.0825. The summed E-state index contributed by atoms with van der Waals surface area (Å²) in [5, 5.41) is 12.5. The molecule has 2 aliphatic rings. The second-order valence-corrected chi connectivity index (χ2v) is 11.2. The van der Waals surface area contributed by atoms with Crippen molar-refractivity contribution in [2.75, 3.05) is 19.7 Å². The Hall–Kier alpha value is -3.55. The van der Waals surface area contributed by atoms with Gasteiger partial charge in [0, 0.05) is 19.0 Å². The normalized spacial score (nSPS) is 17.4. The number of piperidine rings is 1. The number of hydrogen-bond acceptors (Lipinski definition) is 5. The number of carboxylic acids is 1. The second-order valence-electron chi connectivity index (χ2n) is 11.2. The average Bonchev–Trinajstić information content (AvgIpc) is 3.15. The third-order valence-electron chi connectivity index (χ3n) is 7.30. The summed E-state index contributed by atoms with van der Waals surface area (Å²) in [6, 6.07) is 16.2. The molecule has 0 aromatic heterocycles. The molecule has 1 fully saturated rings. The van der Waals surface area contributed by atoms with Crippen molar-refractivity contribution in [3.63, 3.8) is 0 Å². The lowest BCUT2D eigenvalue weighted by atomic mass is 9.77. The van der Waals surface area contributed by atoms with Crippen LogP contribution in [0.3, 0.4) is 0 Å². The molecule has 1 unspecified atom stereocenters. The summed E-state index contributed by atoms with van der Waals surface area (Å²) in [5.41, 5.74) is 2.89. The SMILES string of the molecule is CC(C)(C)OC(=O)N1CCC(C(C)(CC(=O)O)NC(=O)OCC2c3ccccc3-c3ccccc32)CC1. The molecule has 1 saturated heterocycles. The zero-order chi connectivity index (χ0) is 26.8. The monoisotopic (exact) mass is 508 g/mol. The highest BCUT2D eigenvalue weighted by Crippen LogP contribution is 2.44. The predicted molar refractivity (Wildman–Crippen MR) is 139 cm³/mol. The van der Waals surface area contributed by atoms with E-state index in [9.17, 15) is 19.5 Å². The molecule has 1 aliphatic heterocycles. The van der Waals surface area contributed by atoms with Gasteiger partial charge in [-0.15, -0.1) is 0 Å². The quantitative estimate of drug-likeness (QED) is 0.541. The molecule has 0 saturated carbocycles. The molecule has 1 atom stereocenters. The van der Waals surface area contributed by atoms with Crippen LogP contribution in [0, 0.1) is 5.92 Å². The Kier molecular flexibility index (Phi) is 7.48. The van der Waals surface area contributed by atoms with Crippen molar-refractivity contribution in [2.45, 2.75) is 64.0 Å². The molecule has 2 N–H and O–H groups in total. The molecule has 8 heteroatoms. The van der Waals surface area contributed by atoms with Gasteiger partial charge >= 0.3 is 18.2 Å². The summed E-state index contributed by atoms with van der Waals surface area (Å²) >= 11 is 0. The van der Waals surface area contributed by atoms with E-state index in [4.69, 9.17) is 9.47 Å². The van der Waals surface area contributed by atoms with Crippen LogP contribution in [-0.2, 0) is 14.3 Å². The highest BCUT2D eigenvalue weighted by atomic mass is 16.6. The van der Waals surface area contributed by atoms with E-state index in [1.807, 2.05) is 57.2 Å². The van der Waals surface area contributed by atoms with Crippen molar-refractivity contribution in [2.24, 2.45) is 5.92 Å². The topological polar surface area (TPSA) is 105 Å². The van der Waals surface area contributed by atoms with E-state index in [2.05, 4.69) is 17.4 Å². The van der Waals surface area contributed by atoms with Gasteiger partial charge in [0.15, 0.2) is 0 Å². The van der Waals surface area contributed by atoms with E-state index < -0.39 is 23.2 Å². The van der Waals surface area contributed by atoms with Crippen molar-refractivity contribution in [3.8, 4) is 11.1 Å². The van der Waals surface area contributed by atoms with Gasteiger partial charge in [-0.3, -0.25) is 4.79 Å². The van der Waals surface area contributed by atoms with Gasteiger partial charge < -0.3 is 24.8 Å². The highest BCUT2D eigenvalue weighted by Gasteiger charge is 2.41. The molecule has 2 aromatic rings. The summed E-state index contributed by atoms with van der Waals surface area (Å²) in [6.45, 7) is 8.22. The number of aliphatic carboxylic acids is 1. The van der Waals surface area contributed by atoms with Crippen molar-refractivity contribution < 1.29 is 29.0 Å². The smallest absolute Gasteiger partial charge is 0.410 e. The first-order valence-corrected chi connectivity index (χ1v) is 12.8. The van der Waals surface area contributed by atoms with Gasteiger partial charge in [0.25, 0.3) is 0 Å². The average molecular weight is 509 g/mol. The summed E-state index contributed by atoms with van der Waals surface area (Å²) in [7, 11) is 0. The van der Waals surface area contributed by atoms with Crippen molar-refractivity contribution in [3.05, 3.63) is 59.7 Å². The van der Waals surface area contributed by atoms with E-state index >= 15 is 0 Å². The van der Waals surface area contributed by atoms with Gasteiger partial charge in [-0.05, 0) is 68.7 Å². The first-order valence-electron chi connectivity index (χ1n) is 12.8. The number of carboxylic acid groups (broad SMARTS) is 1. The molecule has 4 rings (SSSR count). The molecule has 1 aliphatic carbocycles. The van der Waals surface area contributed by atoms with Crippen LogP contribution in [0.5, 0.6) is 0 Å². The maximum Gasteiger partial charge on any atom is 0.410 e. The van der Waals surface area contributed by atoms with Crippen molar-refractivity contribution in [1.82, 2.24) is 10.2 Å². The third-order valence-corrected chi connectivity index (χ3v) is 7.30. The summed E-state index contributed by atoms with van der Waals surface area (Å²) in [4.78, 5) is 38.8. The molecule has 0 spiro atoms. The number of ether oxygens (including phenoxy) is 2. The van der Waals surface area contributed by atoms with E-state index in [0.717, 1.165) is 22.3 Å². The summed E-state index contributed by atoms with van der Waals surface area (Å²) < 4.78 is 11.2. The number of benzene rings is 2. The number of alkyl carbamates (subject to hydrolysis) is 1. The molecule has 0 radical (unpaired) electrons. The fourth-order valence-electron chi connectivity index (χ4n) is 5.50. The third kappa shape index (κ3) is 6.06. The van der Waals surface area contributed by atoms with Crippen molar-refractivity contribution >= 4 is 18.2 Å². The lowest BCUT2D eigenvalue weighted by Crippen LogP contribution is -2.56. The van der Waals surface area contributed by atoms with E-state index in [0.29, 0.717) is 25.9 Å². The Labute approximate surface area is 217 Å². The molecule has 8 nitrogen and oxygen atoms in total. The van der Waals surface area contributed by atoms with Gasteiger partial charge in [-0.25, -0.2) is 9.59 Å². The maximum atomic E-state index is 13.0. The lowest BCUT2D eigenvalue weighted by molar-refractivity contribution is -0.139. The van der Waals surface area contributed by atoms with Crippen LogP contribution < -0.4 is 5.32 Å². The van der Waals surface area contributed by atoms with Crippen LogP contribution >= 0.6 is 0 Å². The molecule has 0 bridgehead atoms. The number of hydrogen-bond donors (Lipinski definition) is 2. The van der Waals surface area contributed by atoms with E-state index in [1.165, 1.54) is 0 Å². The van der Waals surface area contributed by atoms with Crippen LogP contribution in [0.15, 0.2) is 48.5 Å². The molecule has 1 heterocycles. The number of carbonyl (C=O) groups excluding carboxylic acids is 2. The number of rotatable bonds is 6. The zero-order valence-electron chi connectivity index (χ0n) is 22.0. The van der Waals surface area contributed by atoms with Gasteiger partial charge in [-0.1, -0.05) is 48.5 Å². The van der Waals surface area contributed by atoms with Gasteiger partial charge in [0.1, 0.15) is 12.2 Å². The molecule has 2 aromatic carbocycles. The lowest BCUT2D eigenvalue weighted by Gasteiger charge is -2.42. The second kappa shape index (κ2) is 10.4. The summed E-state index contributed by atoms with van der Waals surface area (Å²) in [6.07, 6.45) is -0.163. The number of amides is 2. The molecule has 2 amide bonds. The maximum absolute atomic E-state index is 13.0. The Morgan fingerprint density at radius 1 is 0.946 bits per heavy atom. The van der Waals surface area contributed by atoms with E-state index in [-0.39, 0.29) is 31.0 Å². The van der Waals surface area contributed by atoms with Gasteiger partial charge in [0.05, 0.1) is 12.0 Å². The fourth-order valence-corrected chi connectivity index (χ4v) is 5.50. The Morgan fingerprint density at radius 3 is 2.00 bits per heavy atom. The first kappa shape index (κ1) is 26.5. The van der Waals surface area contributed by atoms with Gasteiger partial charge in [-0.2, -0.15) is 0 Å². The first-order chi connectivity index (χ1) is 17.5. The predicted octanol–water partition coefficient (Wildman–Crippen LogP) is 5.41. The highest BCUT2D eigenvalue weighted by molar-refractivity contribution is 5.79. The zero-order valence-corrected chi connectivity index (χ0v) is 22.0. The number of carbonyl (C=O) groups is 3. The van der Waals surface area contributed by atoms with Crippen LogP contribution in [0.1, 0.15) is 64.0 Å². The standard InChI is InChI=1S/C29H36N2O6/c1-28(2,3)37-27(35)31-15-13-19(14-16-31)29(4,17-25(32)33)30-26(34)36-18-24-22-11-7-5-9-20(22)21-10-6-8-12-23(21)24/h5-12,19,24H,13-18H2,1-4H3,(H,30,34)(H,32,33). The number of nitrogens with one attached hydrogen (secondary N) is 1. The van der Waals surface area contributed by atoms with Gasteiger partial charge in [0.2, 0.25) is 0 Å². The minimum atomic E-state index is -1.02. The largest absolute Gasteiger partial charge is 0.481 e. The van der Waals surface area contributed by atoms with Crippen LogP contribution in [0.4, 0.5) is 9.59 Å². The summed E-state index contributed by atoms with van der Waals surface area (Å²) in [5.74, 6) is -1.22. The fraction of sp³-hybridized carbons (Fsp3) is 0.483. The number of likely N-dealkylation sites (tertiary alicyclic amines) is 1. The Balaban J connectivity index is 1.40. The van der Waals surface area contributed by atoms with E-state index in [1.54, 1.807) is 11.8 Å². The van der Waals surface area contributed by atoms with Crippen LogP contribution in [-0.4, -0.2) is 59.0 Å². The van der Waals surface area contributed by atoms with Crippen LogP contribution in [0.25, 0.3) is 11.1 Å². The molecule has 37 heavy (non-hydrogen) atoms. The number of nitrogens with zero attached hydrogens (tertiary/aromatic N) is 1. The number of fused-ring (bicyclic) bond motifs is 3. The molecular weight excluding hydrogens is 472 g/mol. The Morgan fingerprint density at radius 2 is 1.49 bits per heavy atom. The van der Waals surface area contributed by atoms with Crippen LogP contribution in [0.2, 0.25) is 0 Å². The Bertz CT molecular complexity index is 1120.